The van der Waals surface area contributed by atoms with E-state index in [0.29, 0.717) is 5.56 Å². The van der Waals surface area contributed by atoms with E-state index < -0.39 is 16.6 Å². The van der Waals surface area contributed by atoms with Gasteiger partial charge in [-0.05, 0) is 35.9 Å². The Morgan fingerprint density at radius 1 is 1.06 bits per heavy atom. The number of rotatable bonds is 3. The summed E-state index contributed by atoms with van der Waals surface area (Å²) in [6.45, 7) is 0. The number of hydrogen-bond donors (Lipinski definition) is 1. The molecule has 0 aliphatic carbocycles. The van der Waals surface area contributed by atoms with Gasteiger partial charge in [0.05, 0.1) is 21.4 Å². The van der Waals surface area contributed by atoms with Crippen LogP contribution in [0.15, 0.2) is 47.4 Å². The van der Waals surface area contributed by atoms with Gasteiger partial charge >= 0.3 is 0 Å². The molecule has 18 heavy (non-hydrogen) atoms. The molecule has 2 aromatic carbocycles. The zero-order valence-corrected chi connectivity index (χ0v) is 10.2. The van der Waals surface area contributed by atoms with Gasteiger partial charge in [-0.25, -0.2) is 8.78 Å². The fourth-order valence-corrected chi connectivity index (χ4v) is 2.66. The minimum absolute atomic E-state index is 0.105. The molecule has 1 unspecified atom stereocenters. The molecule has 2 nitrogen and oxygen atoms in total. The summed E-state index contributed by atoms with van der Waals surface area (Å²) in [5, 5.41) is 0. The van der Waals surface area contributed by atoms with E-state index in [0.717, 1.165) is 6.07 Å². The van der Waals surface area contributed by atoms with Crippen molar-refractivity contribution in [1.82, 2.24) is 0 Å². The lowest BCUT2D eigenvalue weighted by atomic mass is 10.2. The van der Waals surface area contributed by atoms with Gasteiger partial charge in [-0.2, -0.15) is 0 Å². The highest BCUT2D eigenvalue weighted by Gasteiger charge is 2.11. The summed E-state index contributed by atoms with van der Waals surface area (Å²) in [7, 11) is -1.51. The predicted octanol–water partition coefficient (Wildman–Crippen LogP) is 2.85. The molecule has 0 spiro atoms. The van der Waals surface area contributed by atoms with E-state index in [1.54, 1.807) is 0 Å². The molecule has 2 N–H and O–H groups in total. The van der Waals surface area contributed by atoms with Crippen LogP contribution in [0.5, 0.6) is 0 Å². The summed E-state index contributed by atoms with van der Waals surface area (Å²) in [6, 6.07) is 9.67. The molecule has 0 fully saturated rings. The summed E-state index contributed by atoms with van der Waals surface area (Å²) in [6.07, 6.45) is 0. The largest absolute Gasteiger partial charge is 0.399 e. The van der Waals surface area contributed by atoms with Crippen molar-refractivity contribution in [2.24, 2.45) is 0 Å². The Labute approximate surface area is 106 Å². The minimum atomic E-state index is -1.51. The van der Waals surface area contributed by atoms with Crippen LogP contribution in [-0.2, 0) is 16.6 Å². The van der Waals surface area contributed by atoms with Crippen LogP contribution in [0.3, 0.4) is 0 Å². The fourth-order valence-electron chi connectivity index (χ4n) is 1.51. The van der Waals surface area contributed by atoms with Gasteiger partial charge in [0.2, 0.25) is 0 Å². The second kappa shape index (κ2) is 5.27. The SMILES string of the molecule is Nc1ccc(S(=O)Cc2ccc(F)cc2)c(F)c1. The first kappa shape index (κ1) is 12.7. The van der Waals surface area contributed by atoms with Gasteiger partial charge in [0, 0.05) is 5.69 Å². The average molecular weight is 267 g/mol. The standard InChI is InChI=1S/C13H11F2NOS/c14-10-3-1-9(2-4-10)8-18(17)13-6-5-11(16)7-12(13)15/h1-7H,8,16H2. The van der Waals surface area contributed by atoms with Crippen molar-refractivity contribution in [2.75, 3.05) is 5.73 Å². The van der Waals surface area contributed by atoms with Gasteiger partial charge in [0.15, 0.2) is 0 Å². The molecule has 2 rings (SSSR count). The van der Waals surface area contributed by atoms with E-state index >= 15 is 0 Å². The lowest BCUT2D eigenvalue weighted by Gasteiger charge is -2.05. The average Bonchev–Trinajstić information content (AvgIpc) is 2.32. The maximum Gasteiger partial charge on any atom is 0.141 e. The monoisotopic (exact) mass is 267 g/mol. The maximum absolute atomic E-state index is 13.5. The highest BCUT2D eigenvalue weighted by Crippen LogP contribution is 2.18. The second-order valence-electron chi connectivity index (χ2n) is 3.81. The minimum Gasteiger partial charge on any atom is -0.399 e. The fraction of sp³-hybridized carbons (Fsp3) is 0.0769. The molecule has 0 heterocycles. The Balaban J connectivity index is 2.19. The number of halogens is 2. The smallest absolute Gasteiger partial charge is 0.141 e. The molecule has 2 aromatic rings. The topological polar surface area (TPSA) is 43.1 Å². The van der Waals surface area contributed by atoms with Gasteiger partial charge in [-0.15, -0.1) is 0 Å². The zero-order chi connectivity index (χ0) is 13.1. The predicted molar refractivity (Wildman–Crippen MR) is 67.3 cm³/mol. The van der Waals surface area contributed by atoms with Crippen LogP contribution >= 0.6 is 0 Å². The lowest BCUT2D eigenvalue weighted by Crippen LogP contribution is -2.00. The summed E-state index contributed by atoms with van der Waals surface area (Å²) in [4.78, 5) is 0.105. The molecular formula is C13H11F2NOS. The second-order valence-corrected chi connectivity index (χ2v) is 5.23. The molecule has 0 aliphatic heterocycles. The van der Waals surface area contributed by atoms with Crippen LogP contribution in [0.4, 0.5) is 14.5 Å². The van der Waals surface area contributed by atoms with E-state index in [4.69, 9.17) is 5.73 Å². The zero-order valence-electron chi connectivity index (χ0n) is 9.40. The summed E-state index contributed by atoms with van der Waals surface area (Å²) < 4.78 is 38.2. The molecular weight excluding hydrogens is 256 g/mol. The van der Waals surface area contributed by atoms with Gasteiger partial charge < -0.3 is 5.73 Å². The van der Waals surface area contributed by atoms with Gasteiger partial charge in [-0.3, -0.25) is 4.21 Å². The quantitative estimate of drug-likeness (QED) is 0.869. The van der Waals surface area contributed by atoms with Crippen molar-refractivity contribution >= 4 is 16.5 Å². The Morgan fingerprint density at radius 2 is 1.72 bits per heavy atom. The Kier molecular flexibility index (Phi) is 3.72. The van der Waals surface area contributed by atoms with E-state index in [1.165, 1.54) is 36.4 Å². The number of benzene rings is 2. The molecule has 0 saturated heterocycles. The summed E-state index contributed by atoms with van der Waals surface area (Å²) in [5.74, 6) is -0.806. The molecule has 0 bridgehead atoms. The van der Waals surface area contributed by atoms with E-state index in [2.05, 4.69) is 0 Å². The van der Waals surface area contributed by atoms with Gasteiger partial charge in [0.1, 0.15) is 11.6 Å². The molecule has 5 heteroatoms. The Bertz CT molecular complexity index is 584. The third-order valence-electron chi connectivity index (χ3n) is 2.41. The summed E-state index contributed by atoms with van der Waals surface area (Å²) >= 11 is 0. The van der Waals surface area contributed by atoms with E-state index in [1.807, 2.05) is 0 Å². The molecule has 94 valence electrons. The highest BCUT2D eigenvalue weighted by molar-refractivity contribution is 7.84. The number of nitrogens with two attached hydrogens (primary N) is 1. The maximum atomic E-state index is 13.5. The van der Waals surface area contributed by atoms with Gasteiger partial charge in [-0.1, -0.05) is 12.1 Å². The van der Waals surface area contributed by atoms with E-state index in [-0.39, 0.29) is 22.2 Å². The van der Waals surface area contributed by atoms with Crippen LogP contribution in [0, 0.1) is 11.6 Å². The van der Waals surface area contributed by atoms with Crippen molar-refractivity contribution in [3.8, 4) is 0 Å². The molecule has 1 atom stereocenters. The Morgan fingerprint density at radius 3 is 2.33 bits per heavy atom. The van der Waals surface area contributed by atoms with E-state index in [9.17, 15) is 13.0 Å². The normalized spacial score (nSPS) is 12.3. The first-order valence-corrected chi connectivity index (χ1v) is 6.56. The summed E-state index contributed by atoms with van der Waals surface area (Å²) in [5.41, 5.74) is 6.39. The van der Waals surface area contributed by atoms with Crippen LogP contribution in [-0.4, -0.2) is 4.21 Å². The van der Waals surface area contributed by atoms with Crippen molar-refractivity contribution in [1.29, 1.82) is 0 Å². The lowest BCUT2D eigenvalue weighted by molar-refractivity contribution is 0.596. The van der Waals surface area contributed by atoms with Crippen LogP contribution in [0.1, 0.15) is 5.56 Å². The third-order valence-corrected chi connectivity index (χ3v) is 3.83. The highest BCUT2D eigenvalue weighted by atomic mass is 32.2. The van der Waals surface area contributed by atoms with Crippen molar-refractivity contribution in [3.63, 3.8) is 0 Å². The first-order valence-electron chi connectivity index (χ1n) is 5.24. The van der Waals surface area contributed by atoms with Crippen LogP contribution in [0.25, 0.3) is 0 Å². The number of anilines is 1. The number of hydrogen-bond acceptors (Lipinski definition) is 2. The molecule has 0 aromatic heterocycles. The van der Waals surface area contributed by atoms with Crippen molar-refractivity contribution in [2.45, 2.75) is 10.6 Å². The van der Waals surface area contributed by atoms with Crippen LogP contribution in [0.2, 0.25) is 0 Å². The van der Waals surface area contributed by atoms with Gasteiger partial charge in [0.25, 0.3) is 0 Å². The third kappa shape index (κ3) is 2.92. The van der Waals surface area contributed by atoms with Crippen molar-refractivity contribution in [3.05, 3.63) is 59.7 Å². The molecule has 0 radical (unpaired) electrons. The first-order chi connectivity index (χ1) is 8.56. The molecule has 0 saturated carbocycles. The van der Waals surface area contributed by atoms with Crippen molar-refractivity contribution < 1.29 is 13.0 Å². The molecule has 0 amide bonds. The molecule has 0 aliphatic rings. The van der Waals surface area contributed by atoms with Crippen LogP contribution < -0.4 is 5.73 Å². The Hall–Kier alpha value is -1.75. The number of nitrogen functional groups attached to an aromatic ring is 1.